The summed E-state index contributed by atoms with van der Waals surface area (Å²) in [6.45, 7) is 6.72. The molecular formula is C18H26ClN3O2. The zero-order valence-corrected chi connectivity index (χ0v) is 15.0. The van der Waals surface area contributed by atoms with Gasteiger partial charge in [-0.1, -0.05) is 29.8 Å². The highest BCUT2D eigenvalue weighted by Crippen LogP contribution is 2.21. The van der Waals surface area contributed by atoms with Crippen molar-refractivity contribution in [3.8, 4) is 0 Å². The first-order chi connectivity index (χ1) is 11.8. The van der Waals surface area contributed by atoms with Crippen LogP contribution in [0.25, 0.3) is 0 Å². The van der Waals surface area contributed by atoms with E-state index in [1.807, 2.05) is 24.3 Å². The molecule has 1 N–H and O–H groups in total. The monoisotopic (exact) mass is 351 g/mol. The van der Waals surface area contributed by atoms with Gasteiger partial charge in [0.05, 0.1) is 19.3 Å². The highest BCUT2D eigenvalue weighted by molar-refractivity contribution is 6.31. The molecular weight excluding hydrogens is 326 g/mol. The second-order valence-corrected chi connectivity index (χ2v) is 6.58. The summed E-state index contributed by atoms with van der Waals surface area (Å²) < 4.78 is 11.7. The molecule has 0 aromatic heterocycles. The minimum absolute atomic E-state index is 0.130. The zero-order chi connectivity index (χ0) is 16.8. The van der Waals surface area contributed by atoms with Gasteiger partial charge in [-0.05, 0) is 31.4 Å². The lowest BCUT2D eigenvalue weighted by Crippen LogP contribution is -2.53. The SMILES string of the molecule is CCNC(=NCc1ccccc1Cl)N1CCOC(C2CCCO2)C1. The Balaban J connectivity index is 1.67. The summed E-state index contributed by atoms with van der Waals surface area (Å²) in [5.74, 6) is 0.920. The van der Waals surface area contributed by atoms with Crippen molar-refractivity contribution in [2.24, 2.45) is 4.99 Å². The number of ether oxygens (including phenoxy) is 2. The number of hydrogen-bond acceptors (Lipinski definition) is 3. The Labute approximate surface area is 149 Å². The van der Waals surface area contributed by atoms with Gasteiger partial charge in [0.15, 0.2) is 5.96 Å². The van der Waals surface area contributed by atoms with Gasteiger partial charge in [0.2, 0.25) is 0 Å². The van der Waals surface area contributed by atoms with E-state index in [1.165, 1.54) is 0 Å². The average Bonchev–Trinajstić information content (AvgIpc) is 3.15. The summed E-state index contributed by atoms with van der Waals surface area (Å²) in [7, 11) is 0. The van der Waals surface area contributed by atoms with Crippen molar-refractivity contribution in [3.63, 3.8) is 0 Å². The molecule has 3 rings (SSSR count). The molecule has 2 atom stereocenters. The molecule has 1 aromatic rings. The van der Waals surface area contributed by atoms with E-state index in [0.29, 0.717) is 13.2 Å². The van der Waals surface area contributed by atoms with Crippen molar-refractivity contribution in [3.05, 3.63) is 34.9 Å². The molecule has 0 radical (unpaired) electrons. The Morgan fingerprint density at radius 1 is 1.29 bits per heavy atom. The van der Waals surface area contributed by atoms with Crippen LogP contribution in [0.4, 0.5) is 0 Å². The lowest BCUT2D eigenvalue weighted by atomic mass is 10.1. The molecule has 2 fully saturated rings. The van der Waals surface area contributed by atoms with Crippen LogP contribution in [0, 0.1) is 0 Å². The van der Waals surface area contributed by atoms with E-state index in [9.17, 15) is 0 Å². The molecule has 1 aromatic carbocycles. The number of hydrogen-bond donors (Lipinski definition) is 1. The summed E-state index contributed by atoms with van der Waals surface area (Å²) in [6, 6.07) is 7.85. The number of halogens is 1. The third-order valence-corrected chi connectivity index (χ3v) is 4.83. The van der Waals surface area contributed by atoms with Crippen LogP contribution in [-0.2, 0) is 16.0 Å². The standard InChI is InChI=1S/C18H26ClN3O2/c1-2-20-18(21-12-14-6-3-4-7-15(14)19)22-9-11-24-17(13-22)16-8-5-10-23-16/h3-4,6-7,16-17H,2,5,8-13H2,1H3,(H,20,21). The van der Waals surface area contributed by atoms with Crippen molar-refractivity contribution in [1.29, 1.82) is 0 Å². The first kappa shape index (κ1) is 17.5. The molecule has 2 unspecified atom stereocenters. The lowest BCUT2D eigenvalue weighted by molar-refractivity contribution is -0.0817. The maximum absolute atomic E-state index is 6.24. The number of nitrogens with one attached hydrogen (secondary N) is 1. The lowest BCUT2D eigenvalue weighted by Gasteiger charge is -2.37. The number of rotatable bonds is 4. The van der Waals surface area contributed by atoms with Gasteiger partial charge in [-0.3, -0.25) is 0 Å². The molecule has 0 amide bonds. The molecule has 132 valence electrons. The van der Waals surface area contributed by atoms with Gasteiger partial charge in [0, 0.05) is 31.3 Å². The molecule has 6 heteroatoms. The first-order valence-corrected chi connectivity index (χ1v) is 9.15. The zero-order valence-electron chi connectivity index (χ0n) is 14.2. The molecule has 0 saturated carbocycles. The fourth-order valence-electron chi connectivity index (χ4n) is 3.20. The van der Waals surface area contributed by atoms with Crippen LogP contribution in [0.3, 0.4) is 0 Å². The van der Waals surface area contributed by atoms with Crippen molar-refractivity contribution in [1.82, 2.24) is 10.2 Å². The smallest absolute Gasteiger partial charge is 0.194 e. The third kappa shape index (κ3) is 4.41. The van der Waals surface area contributed by atoms with Gasteiger partial charge >= 0.3 is 0 Å². The molecule has 2 saturated heterocycles. The Morgan fingerprint density at radius 2 is 2.12 bits per heavy atom. The Hall–Kier alpha value is -1.30. The largest absolute Gasteiger partial charge is 0.375 e. The van der Waals surface area contributed by atoms with E-state index in [2.05, 4.69) is 17.1 Å². The number of nitrogens with zero attached hydrogens (tertiary/aromatic N) is 2. The van der Waals surface area contributed by atoms with E-state index in [0.717, 1.165) is 55.6 Å². The van der Waals surface area contributed by atoms with Crippen LogP contribution in [-0.4, -0.2) is 55.9 Å². The van der Waals surface area contributed by atoms with Gasteiger partial charge < -0.3 is 19.7 Å². The van der Waals surface area contributed by atoms with Gasteiger partial charge in [0.1, 0.15) is 6.10 Å². The van der Waals surface area contributed by atoms with Crippen LogP contribution in [0.15, 0.2) is 29.3 Å². The molecule has 2 heterocycles. The van der Waals surface area contributed by atoms with Crippen molar-refractivity contribution < 1.29 is 9.47 Å². The third-order valence-electron chi connectivity index (χ3n) is 4.46. The van der Waals surface area contributed by atoms with E-state index in [4.69, 9.17) is 26.1 Å². The highest BCUT2D eigenvalue weighted by atomic mass is 35.5. The molecule has 0 aliphatic carbocycles. The average molecular weight is 352 g/mol. The van der Waals surface area contributed by atoms with E-state index >= 15 is 0 Å². The van der Waals surface area contributed by atoms with Crippen LogP contribution < -0.4 is 5.32 Å². The van der Waals surface area contributed by atoms with Crippen molar-refractivity contribution in [2.45, 2.75) is 38.5 Å². The number of benzene rings is 1. The van der Waals surface area contributed by atoms with Gasteiger partial charge in [-0.2, -0.15) is 0 Å². The maximum atomic E-state index is 6.24. The number of aliphatic imine (C=N–C) groups is 1. The normalized spacial score (nSPS) is 25.1. The van der Waals surface area contributed by atoms with Crippen LogP contribution >= 0.6 is 11.6 Å². The topological polar surface area (TPSA) is 46.1 Å². The fourth-order valence-corrected chi connectivity index (χ4v) is 3.40. The molecule has 24 heavy (non-hydrogen) atoms. The van der Waals surface area contributed by atoms with Crippen molar-refractivity contribution in [2.75, 3.05) is 32.8 Å². The predicted molar refractivity (Wildman–Crippen MR) is 96.6 cm³/mol. The van der Waals surface area contributed by atoms with Gasteiger partial charge in [-0.25, -0.2) is 4.99 Å². The minimum Gasteiger partial charge on any atom is -0.375 e. The Bertz CT molecular complexity index is 561. The van der Waals surface area contributed by atoms with Gasteiger partial charge in [0.25, 0.3) is 0 Å². The Kier molecular flexibility index (Phi) is 6.35. The molecule has 5 nitrogen and oxygen atoms in total. The van der Waals surface area contributed by atoms with Gasteiger partial charge in [-0.15, -0.1) is 0 Å². The quantitative estimate of drug-likeness (QED) is 0.669. The summed E-state index contributed by atoms with van der Waals surface area (Å²) in [6.07, 6.45) is 2.57. The van der Waals surface area contributed by atoms with E-state index < -0.39 is 0 Å². The number of morpholine rings is 1. The fraction of sp³-hybridized carbons (Fsp3) is 0.611. The summed E-state index contributed by atoms with van der Waals surface area (Å²) in [5.41, 5.74) is 1.04. The second kappa shape index (κ2) is 8.70. The predicted octanol–water partition coefficient (Wildman–Crippen LogP) is 2.69. The van der Waals surface area contributed by atoms with Crippen LogP contribution in [0.2, 0.25) is 5.02 Å². The molecule has 2 aliphatic heterocycles. The molecule has 2 aliphatic rings. The minimum atomic E-state index is 0.130. The Morgan fingerprint density at radius 3 is 2.88 bits per heavy atom. The summed E-state index contributed by atoms with van der Waals surface area (Å²) in [5, 5.41) is 4.15. The summed E-state index contributed by atoms with van der Waals surface area (Å²) >= 11 is 6.24. The molecule has 0 spiro atoms. The van der Waals surface area contributed by atoms with Crippen LogP contribution in [0.1, 0.15) is 25.3 Å². The highest BCUT2D eigenvalue weighted by Gasteiger charge is 2.32. The van der Waals surface area contributed by atoms with E-state index in [-0.39, 0.29) is 12.2 Å². The van der Waals surface area contributed by atoms with Crippen molar-refractivity contribution >= 4 is 17.6 Å². The van der Waals surface area contributed by atoms with Crippen LogP contribution in [0.5, 0.6) is 0 Å². The van der Waals surface area contributed by atoms with E-state index in [1.54, 1.807) is 0 Å². The first-order valence-electron chi connectivity index (χ1n) is 8.78. The molecule has 0 bridgehead atoms. The number of guanidine groups is 1. The summed E-state index contributed by atoms with van der Waals surface area (Å²) in [4.78, 5) is 7.05. The second-order valence-electron chi connectivity index (χ2n) is 6.17. The maximum Gasteiger partial charge on any atom is 0.194 e.